The quantitative estimate of drug-likeness (QED) is 0.667. The van der Waals surface area contributed by atoms with Crippen molar-refractivity contribution in [1.82, 2.24) is 15.0 Å². The Labute approximate surface area is 162 Å². The average molecular weight is 404 g/mol. The number of hydrogen-bond donors (Lipinski definition) is 1. The SMILES string of the molecule is CC1SC(=O)NN=C1c1ccc2c(c1)nc(-c1ccccc1C(F)(F)F)n2C. The topological polar surface area (TPSA) is 59.3 Å². The van der Waals surface area contributed by atoms with Crippen LogP contribution in [0.4, 0.5) is 18.0 Å². The molecule has 3 aromatic rings. The molecule has 1 aliphatic rings. The van der Waals surface area contributed by atoms with Crippen molar-refractivity contribution in [3.05, 3.63) is 53.6 Å². The molecule has 1 N–H and O–H groups in total. The number of halogens is 3. The lowest BCUT2D eigenvalue weighted by Gasteiger charge is -2.18. The third-order valence-corrected chi connectivity index (χ3v) is 5.47. The number of carbonyl (C=O) groups is 1. The number of nitrogens with one attached hydrogen (secondary N) is 1. The van der Waals surface area contributed by atoms with Crippen molar-refractivity contribution < 1.29 is 18.0 Å². The van der Waals surface area contributed by atoms with Crippen LogP contribution >= 0.6 is 11.8 Å². The molecule has 0 aliphatic carbocycles. The molecule has 1 aromatic heterocycles. The van der Waals surface area contributed by atoms with Gasteiger partial charge in [-0.1, -0.05) is 36.0 Å². The minimum Gasteiger partial charge on any atom is -0.327 e. The van der Waals surface area contributed by atoms with E-state index in [1.807, 2.05) is 13.0 Å². The summed E-state index contributed by atoms with van der Waals surface area (Å²) in [4.78, 5) is 15.9. The predicted molar refractivity (Wildman–Crippen MR) is 103 cm³/mol. The summed E-state index contributed by atoms with van der Waals surface area (Å²) in [5.74, 6) is 0.237. The fourth-order valence-corrected chi connectivity index (χ4v) is 3.98. The maximum atomic E-state index is 13.4. The molecule has 1 atom stereocenters. The van der Waals surface area contributed by atoms with Gasteiger partial charge in [0.15, 0.2) is 0 Å². The monoisotopic (exact) mass is 404 g/mol. The molecular weight excluding hydrogens is 389 g/mol. The van der Waals surface area contributed by atoms with Crippen LogP contribution in [0.5, 0.6) is 0 Å². The van der Waals surface area contributed by atoms with Crippen LogP contribution in [0, 0.1) is 0 Å². The lowest BCUT2D eigenvalue weighted by atomic mass is 10.1. The molecule has 5 nitrogen and oxygen atoms in total. The van der Waals surface area contributed by atoms with Gasteiger partial charge in [-0.05, 0) is 25.1 Å². The van der Waals surface area contributed by atoms with E-state index in [-0.39, 0.29) is 21.9 Å². The van der Waals surface area contributed by atoms with E-state index in [2.05, 4.69) is 15.5 Å². The number of amides is 1. The van der Waals surface area contributed by atoms with Crippen LogP contribution in [0.1, 0.15) is 18.1 Å². The number of rotatable bonds is 2. The zero-order valence-corrected chi connectivity index (χ0v) is 15.7. The largest absolute Gasteiger partial charge is 0.417 e. The molecule has 0 saturated carbocycles. The van der Waals surface area contributed by atoms with Crippen molar-refractivity contribution in [3.63, 3.8) is 0 Å². The van der Waals surface area contributed by atoms with Gasteiger partial charge in [0.2, 0.25) is 0 Å². The Morgan fingerprint density at radius 2 is 1.93 bits per heavy atom. The van der Waals surface area contributed by atoms with Gasteiger partial charge in [0.25, 0.3) is 5.24 Å². The van der Waals surface area contributed by atoms with Crippen molar-refractivity contribution >= 4 is 33.7 Å². The van der Waals surface area contributed by atoms with Crippen molar-refractivity contribution in [1.29, 1.82) is 0 Å². The molecule has 4 rings (SSSR count). The molecular formula is C19H15F3N4OS. The van der Waals surface area contributed by atoms with Crippen LogP contribution < -0.4 is 5.43 Å². The standard InChI is InChI=1S/C19H15F3N4OS/c1-10-16(24-25-18(27)28-10)11-7-8-15-14(9-11)23-17(26(15)2)12-5-3-4-6-13(12)19(20,21)22/h3-10H,1-2H3,(H,25,27). The second kappa shape index (κ2) is 6.66. The lowest BCUT2D eigenvalue weighted by Crippen LogP contribution is -2.29. The Bertz CT molecular complexity index is 1120. The van der Waals surface area contributed by atoms with Gasteiger partial charge in [0.05, 0.1) is 27.6 Å². The van der Waals surface area contributed by atoms with Crippen molar-refractivity contribution in [2.24, 2.45) is 12.1 Å². The molecule has 1 unspecified atom stereocenters. The van der Waals surface area contributed by atoms with Crippen LogP contribution in [-0.4, -0.2) is 25.8 Å². The summed E-state index contributed by atoms with van der Waals surface area (Å²) in [6, 6.07) is 10.8. The maximum Gasteiger partial charge on any atom is 0.417 e. The maximum absolute atomic E-state index is 13.4. The van der Waals surface area contributed by atoms with Crippen LogP contribution in [-0.2, 0) is 13.2 Å². The second-order valence-corrected chi connectivity index (χ2v) is 7.71. The Kier molecular flexibility index (Phi) is 4.41. The highest BCUT2D eigenvalue weighted by atomic mass is 32.2. The van der Waals surface area contributed by atoms with Crippen molar-refractivity contribution in [2.45, 2.75) is 18.3 Å². The number of hydrazone groups is 1. The van der Waals surface area contributed by atoms with Crippen molar-refractivity contribution in [3.8, 4) is 11.4 Å². The Balaban J connectivity index is 1.84. The highest BCUT2D eigenvalue weighted by Crippen LogP contribution is 2.37. The predicted octanol–water partition coefficient (Wildman–Crippen LogP) is 4.81. The summed E-state index contributed by atoms with van der Waals surface area (Å²) >= 11 is 1.13. The minimum absolute atomic E-state index is 0.0291. The summed E-state index contributed by atoms with van der Waals surface area (Å²) in [6.45, 7) is 1.87. The smallest absolute Gasteiger partial charge is 0.327 e. The molecule has 144 valence electrons. The van der Waals surface area contributed by atoms with E-state index in [4.69, 9.17) is 0 Å². The van der Waals surface area contributed by atoms with E-state index < -0.39 is 11.7 Å². The third kappa shape index (κ3) is 3.15. The zero-order chi connectivity index (χ0) is 20.1. The Morgan fingerprint density at radius 1 is 1.18 bits per heavy atom. The lowest BCUT2D eigenvalue weighted by molar-refractivity contribution is -0.137. The number of carbonyl (C=O) groups excluding carboxylic acids is 1. The number of imidazole rings is 1. The number of hydrogen-bond acceptors (Lipinski definition) is 4. The summed E-state index contributed by atoms with van der Waals surface area (Å²) < 4.78 is 41.9. The van der Waals surface area contributed by atoms with E-state index in [0.29, 0.717) is 16.7 Å². The number of nitrogens with zero attached hydrogens (tertiary/aromatic N) is 3. The fraction of sp³-hybridized carbons (Fsp3) is 0.211. The molecule has 0 fully saturated rings. The fourth-order valence-electron chi connectivity index (χ4n) is 3.26. The highest BCUT2D eigenvalue weighted by Gasteiger charge is 2.34. The Hall–Kier alpha value is -2.81. The van der Waals surface area contributed by atoms with Gasteiger partial charge in [0.1, 0.15) is 5.82 Å². The van der Waals surface area contributed by atoms with Gasteiger partial charge in [-0.25, -0.2) is 10.4 Å². The highest BCUT2D eigenvalue weighted by molar-refractivity contribution is 8.14. The van der Waals surface area contributed by atoms with Crippen LogP contribution in [0.2, 0.25) is 0 Å². The summed E-state index contributed by atoms with van der Waals surface area (Å²) in [5.41, 5.74) is 4.46. The molecule has 2 aromatic carbocycles. The van der Waals surface area contributed by atoms with Crippen LogP contribution in [0.25, 0.3) is 22.4 Å². The van der Waals surface area contributed by atoms with E-state index in [0.717, 1.165) is 23.4 Å². The van der Waals surface area contributed by atoms with Gasteiger partial charge in [-0.3, -0.25) is 4.79 Å². The number of fused-ring (bicyclic) bond motifs is 1. The molecule has 1 amide bonds. The molecule has 0 spiro atoms. The van der Waals surface area contributed by atoms with Gasteiger partial charge in [-0.2, -0.15) is 18.3 Å². The molecule has 2 heterocycles. The molecule has 28 heavy (non-hydrogen) atoms. The van der Waals surface area contributed by atoms with Gasteiger partial charge in [-0.15, -0.1) is 0 Å². The summed E-state index contributed by atoms with van der Waals surface area (Å²) in [6.07, 6.45) is -4.47. The van der Waals surface area contributed by atoms with E-state index in [9.17, 15) is 18.0 Å². The summed E-state index contributed by atoms with van der Waals surface area (Å²) in [7, 11) is 1.69. The van der Waals surface area contributed by atoms with Crippen molar-refractivity contribution in [2.75, 3.05) is 0 Å². The minimum atomic E-state index is -4.47. The summed E-state index contributed by atoms with van der Waals surface area (Å²) in [5, 5.41) is 3.76. The first kappa shape index (κ1) is 18.5. The molecule has 1 aliphatic heterocycles. The molecule has 0 radical (unpaired) electrons. The first-order chi connectivity index (χ1) is 13.3. The molecule has 0 bridgehead atoms. The number of aryl methyl sites for hydroxylation is 1. The number of benzene rings is 2. The van der Waals surface area contributed by atoms with Crippen LogP contribution in [0.3, 0.4) is 0 Å². The molecule has 9 heteroatoms. The Morgan fingerprint density at radius 3 is 2.64 bits per heavy atom. The number of aromatic nitrogens is 2. The first-order valence-corrected chi connectivity index (χ1v) is 9.31. The normalized spacial score (nSPS) is 17.5. The van der Waals surface area contributed by atoms with E-state index >= 15 is 0 Å². The van der Waals surface area contributed by atoms with Gasteiger partial charge < -0.3 is 4.57 Å². The molecule has 0 saturated heterocycles. The zero-order valence-electron chi connectivity index (χ0n) is 14.9. The van der Waals surface area contributed by atoms with E-state index in [1.54, 1.807) is 29.8 Å². The van der Waals surface area contributed by atoms with Gasteiger partial charge in [0, 0.05) is 18.2 Å². The van der Waals surface area contributed by atoms with Gasteiger partial charge >= 0.3 is 6.18 Å². The first-order valence-electron chi connectivity index (χ1n) is 8.43. The van der Waals surface area contributed by atoms with E-state index in [1.165, 1.54) is 12.1 Å². The second-order valence-electron chi connectivity index (χ2n) is 6.40. The third-order valence-electron chi connectivity index (χ3n) is 4.59. The van der Waals surface area contributed by atoms with Crippen LogP contribution in [0.15, 0.2) is 47.6 Å². The number of alkyl halides is 3. The number of thioether (sulfide) groups is 1. The average Bonchev–Trinajstić information content (AvgIpc) is 2.97.